The zero-order valence-corrected chi connectivity index (χ0v) is 14.2. The van der Waals surface area contributed by atoms with Crippen LogP contribution in [0.5, 0.6) is 0 Å². The summed E-state index contributed by atoms with van der Waals surface area (Å²) in [5.74, 6) is -1.82. The zero-order chi connectivity index (χ0) is 17.7. The maximum absolute atomic E-state index is 12.2. The Bertz CT molecular complexity index is 693. The first-order valence-electron chi connectivity index (χ1n) is 6.92. The lowest BCUT2D eigenvalue weighted by atomic mass is 10.4. The molecule has 1 amide bonds. The van der Waals surface area contributed by atoms with Gasteiger partial charge in [0.2, 0.25) is 5.91 Å². The number of thioether (sulfide) groups is 1. The predicted molar refractivity (Wildman–Crippen MR) is 87.8 cm³/mol. The number of aromatic nitrogens is 3. The molecule has 0 radical (unpaired) electrons. The molecule has 5 nitrogen and oxygen atoms in total. The van der Waals surface area contributed by atoms with Crippen molar-refractivity contribution in [2.75, 3.05) is 23.0 Å². The zero-order valence-electron chi connectivity index (χ0n) is 12.6. The third-order valence-electron chi connectivity index (χ3n) is 2.96. The van der Waals surface area contributed by atoms with Crippen LogP contribution in [-0.2, 0) is 4.79 Å². The van der Waals surface area contributed by atoms with Crippen LogP contribution in [0.4, 0.5) is 18.9 Å². The van der Waals surface area contributed by atoms with Crippen LogP contribution in [0.3, 0.4) is 0 Å². The molecule has 0 unspecified atom stereocenters. The van der Waals surface area contributed by atoms with Gasteiger partial charge < -0.3 is 4.90 Å². The second-order valence-corrected chi connectivity index (χ2v) is 6.05. The normalized spacial score (nSPS) is 11.5. The van der Waals surface area contributed by atoms with Crippen molar-refractivity contribution in [2.24, 2.45) is 0 Å². The van der Waals surface area contributed by atoms with Gasteiger partial charge in [0.05, 0.1) is 29.6 Å². The topological polar surface area (TPSA) is 51.0 Å². The Morgan fingerprint density at radius 2 is 2.21 bits per heavy atom. The van der Waals surface area contributed by atoms with E-state index in [0.717, 1.165) is 0 Å². The predicted octanol–water partition coefficient (Wildman–Crippen LogP) is 3.57. The van der Waals surface area contributed by atoms with E-state index in [1.54, 1.807) is 37.6 Å². The van der Waals surface area contributed by atoms with E-state index in [4.69, 9.17) is 11.6 Å². The Kier molecular flexibility index (Phi) is 6.11. The van der Waals surface area contributed by atoms with E-state index in [0.29, 0.717) is 23.1 Å². The van der Waals surface area contributed by atoms with Crippen molar-refractivity contribution in [3.8, 4) is 5.69 Å². The van der Waals surface area contributed by atoms with Crippen molar-refractivity contribution in [1.29, 1.82) is 0 Å². The first-order valence-corrected chi connectivity index (χ1v) is 8.45. The summed E-state index contributed by atoms with van der Waals surface area (Å²) in [5.41, 5.74) is 1.00. The molecule has 0 atom stereocenters. The van der Waals surface area contributed by atoms with Gasteiger partial charge in [-0.05, 0) is 19.1 Å². The molecule has 0 fully saturated rings. The SMILES string of the molecule is CCN(C(=O)CSCC(F)(F)F)c1cn(-c2cccnc2)nc1Cl. The number of amides is 1. The second-order valence-electron chi connectivity index (χ2n) is 4.71. The molecular weight excluding hydrogens is 365 g/mol. The van der Waals surface area contributed by atoms with Crippen LogP contribution < -0.4 is 4.90 Å². The number of carbonyl (C=O) groups is 1. The van der Waals surface area contributed by atoms with Gasteiger partial charge in [0, 0.05) is 12.7 Å². The molecule has 0 aliphatic heterocycles. The van der Waals surface area contributed by atoms with E-state index in [9.17, 15) is 18.0 Å². The number of hydrogen-bond donors (Lipinski definition) is 0. The van der Waals surface area contributed by atoms with E-state index in [1.165, 1.54) is 9.58 Å². The summed E-state index contributed by atoms with van der Waals surface area (Å²) in [6, 6.07) is 3.48. The average Bonchev–Trinajstić information content (AvgIpc) is 2.90. The molecule has 0 N–H and O–H groups in total. The average molecular weight is 379 g/mol. The summed E-state index contributed by atoms with van der Waals surface area (Å²) >= 11 is 6.61. The number of carbonyl (C=O) groups excluding carboxylic acids is 1. The third kappa shape index (κ3) is 4.88. The Morgan fingerprint density at radius 3 is 2.79 bits per heavy atom. The molecule has 2 aromatic heterocycles. The monoisotopic (exact) mass is 378 g/mol. The van der Waals surface area contributed by atoms with Crippen molar-refractivity contribution >= 4 is 35.0 Å². The lowest BCUT2D eigenvalue weighted by Gasteiger charge is -2.19. The molecule has 0 saturated carbocycles. The van der Waals surface area contributed by atoms with Crippen molar-refractivity contribution < 1.29 is 18.0 Å². The summed E-state index contributed by atoms with van der Waals surface area (Å²) in [6.07, 6.45) is 0.430. The lowest BCUT2D eigenvalue weighted by Crippen LogP contribution is -2.32. The number of rotatable bonds is 6. The molecule has 2 heterocycles. The Balaban J connectivity index is 2.13. The molecule has 0 spiro atoms. The maximum Gasteiger partial charge on any atom is 0.397 e. The summed E-state index contributed by atoms with van der Waals surface area (Å²) in [4.78, 5) is 17.5. The van der Waals surface area contributed by atoms with Crippen LogP contribution in [0.2, 0.25) is 5.15 Å². The molecule has 10 heteroatoms. The molecular formula is C14H14ClF3N4OS. The third-order valence-corrected chi connectivity index (χ3v) is 4.21. The fourth-order valence-corrected chi connectivity index (χ4v) is 2.86. The van der Waals surface area contributed by atoms with Crippen molar-refractivity contribution in [3.05, 3.63) is 35.9 Å². The Morgan fingerprint density at radius 1 is 1.46 bits per heavy atom. The van der Waals surface area contributed by atoms with Crippen LogP contribution in [0, 0.1) is 0 Å². The highest BCUT2D eigenvalue weighted by molar-refractivity contribution is 8.00. The molecule has 0 aliphatic rings. The molecule has 24 heavy (non-hydrogen) atoms. The first-order chi connectivity index (χ1) is 11.3. The van der Waals surface area contributed by atoms with E-state index in [2.05, 4.69) is 10.1 Å². The van der Waals surface area contributed by atoms with Crippen LogP contribution in [0.1, 0.15) is 6.92 Å². The number of pyridine rings is 1. The Labute approximate surface area is 145 Å². The van der Waals surface area contributed by atoms with E-state index in [1.807, 2.05) is 0 Å². The molecule has 130 valence electrons. The fourth-order valence-electron chi connectivity index (χ4n) is 1.96. The van der Waals surface area contributed by atoms with Crippen LogP contribution in [0.15, 0.2) is 30.7 Å². The minimum absolute atomic E-state index is 0.0925. The first kappa shape index (κ1) is 18.6. The van der Waals surface area contributed by atoms with Crippen LogP contribution >= 0.6 is 23.4 Å². The van der Waals surface area contributed by atoms with Crippen molar-refractivity contribution in [3.63, 3.8) is 0 Å². The summed E-state index contributed by atoms with van der Waals surface area (Å²) in [6.45, 7) is 1.98. The number of halogens is 4. The molecule has 0 aromatic carbocycles. The largest absolute Gasteiger partial charge is 0.397 e. The maximum atomic E-state index is 12.2. The van der Waals surface area contributed by atoms with Gasteiger partial charge in [-0.2, -0.15) is 18.3 Å². The molecule has 2 rings (SSSR count). The van der Waals surface area contributed by atoms with Gasteiger partial charge >= 0.3 is 6.18 Å². The highest BCUT2D eigenvalue weighted by Crippen LogP contribution is 2.27. The number of hydrogen-bond acceptors (Lipinski definition) is 4. The summed E-state index contributed by atoms with van der Waals surface area (Å²) < 4.78 is 38.0. The minimum Gasteiger partial charge on any atom is -0.308 e. The van der Waals surface area contributed by atoms with Crippen molar-refractivity contribution in [1.82, 2.24) is 14.8 Å². The smallest absolute Gasteiger partial charge is 0.308 e. The quantitative estimate of drug-likeness (QED) is 0.771. The molecule has 2 aromatic rings. The molecule has 0 saturated heterocycles. The van der Waals surface area contributed by atoms with Gasteiger partial charge in [0.15, 0.2) is 5.15 Å². The van der Waals surface area contributed by atoms with Gasteiger partial charge in [0.25, 0.3) is 0 Å². The number of anilines is 1. The van der Waals surface area contributed by atoms with Gasteiger partial charge in [-0.1, -0.05) is 11.6 Å². The highest BCUT2D eigenvalue weighted by Gasteiger charge is 2.28. The van der Waals surface area contributed by atoms with Gasteiger partial charge in [-0.3, -0.25) is 9.78 Å². The number of nitrogens with zero attached hydrogens (tertiary/aromatic N) is 4. The van der Waals surface area contributed by atoms with Crippen LogP contribution in [0.25, 0.3) is 5.69 Å². The fraction of sp³-hybridized carbons (Fsp3) is 0.357. The van der Waals surface area contributed by atoms with Gasteiger partial charge in [0.1, 0.15) is 5.69 Å². The van der Waals surface area contributed by atoms with E-state index < -0.39 is 17.8 Å². The van der Waals surface area contributed by atoms with E-state index in [-0.39, 0.29) is 17.5 Å². The summed E-state index contributed by atoms with van der Waals surface area (Å²) in [5, 5.41) is 4.21. The lowest BCUT2D eigenvalue weighted by molar-refractivity contribution is -0.116. The van der Waals surface area contributed by atoms with Gasteiger partial charge in [-0.15, -0.1) is 11.8 Å². The standard InChI is InChI=1S/C14H14ClF3N4OS/c1-2-21(12(23)8-24-9-14(16,17)18)11-7-22(20-13(11)15)10-4-3-5-19-6-10/h3-7H,2,8-9H2,1H3. The highest BCUT2D eigenvalue weighted by atomic mass is 35.5. The van der Waals surface area contributed by atoms with Gasteiger partial charge in [-0.25, -0.2) is 4.68 Å². The second kappa shape index (κ2) is 7.89. The van der Waals surface area contributed by atoms with E-state index >= 15 is 0 Å². The number of alkyl halides is 3. The molecule has 0 bridgehead atoms. The van der Waals surface area contributed by atoms with Crippen molar-refractivity contribution in [2.45, 2.75) is 13.1 Å². The summed E-state index contributed by atoms with van der Waals surface area (Å²) in [7, 11) is 0. The molecule has 0 aliphatic carbocycles. The Hall–Kier alpha value is -1.74. The van der Waals surface area contributed by atoms with Crippen LogP contribution in [-0.4, -0.2) is 44.9 Å². The minimum atomic E-state index is -4.30.